The number of phenolic OH excluding ortho intramolecular Hbond substituents is 1. The molecule has 0 unspecified atom stereocenters. The normalized spacial score (nSPS) is 11.2. The summed E-state index contributed by atoms with van der Waals surface area (Å²) in [5.41, 5.74) is 6.06. The number of aromatic nitrogens is 3. The summed E-state index contributed by atoms with van der Waals surface area (Å²) in [6.45, 7) is 3.81. The first kappa shape index (κ1) is 20.7. The zero-order chi connectivity index (χ0) is 21.8. The third kappa shape index (κ3) is 4.18. The Morgan fingerprint density at radius 3 is 2.93 bits per heavy atom. The number of benzene rings is 1. The number of aromatic amines is 1. The summed E-state index contributed by atoms with van der Waals surface area (Å²) in [6.07, 6.45) is 0. The zero-order valence-corrected chi connectivity index (χ0v) is 16.4. The molecule has 2 heterocycles. The molecule has 3 aromatic rings. The first-order valence-electron chi connectivity index (χ1n) is 8.28. The quantitative estimate of drug-likeness (QED) is 0.344. The van der Waals surface area contributed by atoms with Gasteiger partial charge in [0, 0.05) is 17.0 Å². The fourth-order valence-corrected chi connectivity index (χ4v) is 3.01. The number of nitriles is 1. The van der Waals surface area contributed by atoms with Crippen LogP contribution in [0.1, 0.15) is 5.56 Å². The minimum Gasteiger partial charge on any atom is -0.508 e. The Labute approximate surface area is 174 Å². The molecule has 3 rings (SSSR count). The van der Waals surface area contributed by atoms with Gasteiger partial charge in [0.1, 0.15) is 23.3 Å². The number of hydrogen-bond donors (Lipinski definition) is 4. The van der Waals surface area contributed by atoms with Gasteiger partial charge in [-0.3, -0.25) is 5.10 Å². The second-order valence-electron chi connectivity index (χ2n) is 5.86. The number of methoxy groups -OCH3 is 1. The lowest BCUT2D eigenvalue weighted by molar-refractivity contribution is -0.136. The molecule has 0 saturated carbocycles. The number of nitrogens with zero attached hydrogens (tertiary/aromatic N) is 3. The van der Waals surface area contributed by atoms with E-state index >= 15 is 0 Å². The lowest BCUT2D eigenvalue weighted by Gasteiger charge is -2.07. The number of fused-ring (bicyclic) bond motifs is 1. The Kier molecular flexibility index (Phi) is 5.89. The molecule has 0 amide bonds. The van der Waals surface area contributed by atoms with Crippen LogP contribution in [0.5, 0.6) is 5.75 Å². The van der Waals surface area contributed by atoms with Crippen molar-refractivity contribution in [2.24, 2.45) is 5.73 Å². The average molecular weight is 426 g/mol. The zero-order valence-electron chi connectivity index (χ0n) is 15.6. The number of nitrogens with two attached hydrogens (primary N) is 1. The molecule has 0 aliphatic carbocycles. The number of H-pyrrole nitrogens is 1. The van der Waals surface area contributed by atoms with E-state index in [1.165, 1.54) is 30.7 Å². The first-order valence-corrected chi connectivity index (χ1v) is 9.16. The third-order valence-electron chi connectivity index (χ3n) is 3.89. The molecule has 0 fully saturated rings. The summed E-state index contributed by atoms with van der Waals surface area (Å²) >= 11 is 1.04. The van der Waals surface area contributed by atoms with Gasteiger partial charge < -0.3 is 20.9 Å². The lowest BCUT2D eigenvalue weighted by Crippen LogP contribution is -2.12. The molecule has 9 nitrogen and oxygen atoms in total. The summed E-state index contributed by atoms with van der Waals surface area (Å²) in [5.74, 6) is -1.29. The van der Waals surface area contributed by atoms with Crippen LogP contribution in [0.4, 0.5) is 10.2 Å². The highest BCUT2D eigenvalue weighted by Gasteiger charge is 2.17. The van der Waals surface area contributed by atoms with Crippen LogP contribution in [0.3, 0.4) is 0 Å². The summed E-state index contributed by atoms with van der Waals surface area (Å²) < 4.78 is 18.8. The van der Waals surface area contributed by atoms with Crippen molar-refractivity contribution in [3.63, 3.8) is 0 Å². The number of pyridine rings is 1. The molecule has 0 saturated heterocycles. The summed E-state index contributed by atoms with van der Waals surface area (Å²) in [5, 5.41) is 30.9. The van der Waals surface area contributed by atoms with Crippen molar-refractivity contribution in [3.05, 3.63) is 58.4 Å². The molecule has 0 aliphatic heterocycles. The van der Waals surface area contributed by atoms with Crippen molar-refractivity contribution in [2.75, 3.05) is 12.4 Å². The molecule has 0 aliphatic rings. The van der Waals surface area contributed by atoms with E-state index in [0.29, 0.717) is 21.9 Å². The van der Waals surface area contributed by atoms with Gasteiger partial charge in [-0.1, -0.05) is 18.3 Å². The average Bonchev–Trinajstić information content (AvgIpc) is 3.11. The molecule has 0 bridgehead atoms. The molecule has 5 N–H and O–H groups in total. The van der Waals surface area contributed by atoms with Crippen molar-refractivity contribution in [3.8, 4) is 23.1 Å². The van der Waals surface area contributed by atoms with Crippen LogP contribution in [0.25, 0.3) is 22.3 Å². The third-order valence-corrected chi connectivity index (χ3v) is 4.64. The van der Waals surface area contributed by atoms with Crippen molar-refractivity contribution in [1.29, 1.82) is 5.26 Å². The van der Waals surface area contributed by atoms with E-state index in [2.05, 4.69) is 31.8 Å². The number of phenols is 1. The second kappa shape index (κ2) is 8.54. The number of thioether (sulfide) groups is 1. The van der Waals surface area contributed by atoms with Gasteiger partial charge in [0.25, 0.3) is 0 Å². The van der Waals surface area contributed by atoms with Crippen LogP contribution in [0, 0.1) is 17.1 Å². The summed E-state index contributed by atoms with van der Waals surface area (Å²) in [4.78, 5) is 15.6. The first-order chi connectivity index (χ1) is 14.3. The van der Waals surface area contributed by atoms with Gasteiger partial charge in [-0.2, -0.15) is 10.4 Å². The van der Waals surface area contributed by atoms with Gasteiger partial charge in [-0.05, 0) is 18.2 Å². The van der Waals surface area contributed by atoms with E-state index in [-0.39, 0.29) is 28.3 Å². The number of ether oxygens (including phenoxy) is 1. The highest BCUT2D eigenvalue weighted by Crippen LogP contribution is 2.31. The number of halogens is 1. The van der Waals surface area contributed by atoms with E-state index in [9.17, 15) is 19.6 Å². The van der Waals surface area contributed by atoms with E-state index in [4.69, 9.17) is 5.73 Å². The number of aromatic hydroxyl groups is 1. The maximum absolute atomic E-state index is 14.3. The molecule has 2 aromatic heterocycles. The van der Waals surface area contributed by atoms with Crippen LogP contribution < -0.4 is 11.1 Å². The topological polar surface area (TPSA) is 150 Å². The van der Waals surface area contributed by atoms with Gasteiger partial charge in [0.2, 0.25) is 0 Å². The van der Waals surface area contributed by atoms with Crippen LogP contribution >= 0.6 is 11.8 Å². The fraction of sp³-hybridized carbons (Fsp3) is 0.0526. The lowest BCUT2D eigenvalue weighted by atomic mass is 10.0. The molecule has 0 atom stereocenters. The molecule has 0 radical (unpaired) electrons. The molecule has 11 heteroatoms. The van der Waals surface area contributed by atoms with Crippen LogP contribution in [-0.2, 0) is 9.53 Å². The SMILES string of the molecule is C=C(Nc1n[nH]c2nc(-c3ccc(O)cc3F)c(C#N)cc12)S/C=C(\N)C(=O)OC. The van der Waals surface area contributed by atoms with E-state index in [1.807, 2.05) is 6.07 Å². The number of hydrogen-bond acceptors (Lipinski definition) is 9. The van der Waals surface area contributed by atoms with E-state index in [1.54, 1.807) is 0 Å². The summed E-state index contributed by atoms with van der Waals surface area (Å²) in [7, 11) is 1.22. The molecular weight excluding hydrogens is 411 g/mol. The van der Waals surface area contributed by atoms with Crippen molar-refractivity contribution < 1.29 is 19.0 Å². The Bertz CT molecular complexity index is 1230. The molecule has 30 heavy (non-hydrogen) atoms. The van der Waals surface area contributed by atoms with Gasteiger partial charge in [-0.15, -0.1) is 0 Å². The molecule has 1 aromatic carbocycles. The number of carbonyl (C=O) groups excluding carboxylic acids is 1. The number of esters is 1. The monoisotopic (exact) mass is 426 g/mol. The largest absolute Gasteiger partial charge is 0.508 e. The maximum Gasteiger partial charge on any atom is 0.354 e. The van der Waals surface area contributed by atoms with Crippen LogP contribution in [-0.4, -0.2) is 33.4 Å². The van der Waals surface area contributed by atoms with Gasteiger partial charge in [0.15, 0.2) is 11.5 Å². The number of anilines is 1. The van der Waals surface area contributed by atoms with Crippen molar-refractivity contribution >= 4 is 34.6 Å². The molecule has 0 spiro atoms. The Balaban J connectivity index is 1.92. The Hall–Kier alpha value is -4.04. The molecule has 152 valence electrons. The maximum atomic E-state index is 14.3. The van der Waals surface area contributed by atoms with Crippen LogP contribution in [0.2, 0.25) is 0 Å². The summed E-state index contributed by atoms with van der Waals surface area (Å²) in [6, 6.07) is 7.08. The van der Waals surface area contributed by atoms with E-state index < -0.39 is 11.8 Å². The van der Waals surface area contributed by atoms with Gasteiger partial charge >= 0.3 is 5.97 Å². The second-order valence-corrected chi connectivity index (χ2v) is 6.82. The van der Waals surface area contributed by atoms with Gasteiger partial charge in [-0.25, -0.2) is 14.2 Å². The van der Waals surface area contributed by atoms with Crippen LogP contribution in [0.15, 0.2) is 47.0 Å². The smallest absolute Gasteiger partial charge is 0.354 e. The predicted molar refractivity (Wildman–Crippen MR) is 110 cm³/mol. The van der Waals surface area contributed by atoms with Gasteiger partial charge in [0.05, 0.1) is 28.8 Å². The molecular formula is C19H15FN6O3S. The fourth-order valence-electron chi connectivity index (χ4n) is 2.49. The standard InChI is InChI=1S/C19H15FN6O3S/c1-9(30-8-15(22)19(28)29-2)23-17-13-5-10(7-21)16(24-18(13)26-25-17)12-4-3-11(27)6-14(12)20/h3-6,8,27H,1,22H2,2H3,(H2,23,24,25,26)/b15-8-. The minimum absolute atomic E-state index is 0.0683. The minimum atomic E-state index is -0.712. The number of rotatable bonds is 6. The van der Waals surface area contributed by atoms with E-state index in [0.717, 1.165) is 17.8 Å². The Morgan fingerprint density at radius 2 is 2.27 bits per heavy atom. The number of nitrogens with one attached hydrogen (secondary N) is 2. The highest BCUT2D eigenvalue weighted by atomic mass is 32.2. The van der Waals surface area contributed by atoms with Crippen molar-refractivity contribution in [1.82, 2.24) is 15.2 Å². The van der Waals surface area contributed by atoms with Crippen molar-refractivity contribution in [2.45, 2.75) is 0 Å². The Morgan fingerprint density at radius 1 is 1.50 bits per heavy atom. The highest BCUT2D eigenvalue weighted by molar-refractivity contribution is 8.05. The number of carbonyl (C=O) groups is 1. The predicted octanol–water partition coefficient (Wildman–Crippen LogP) is 2.93.